The van der Waals surface area contributed by atoms with Crippen LogP contribution in [-0.4, -0.2) is 24.7 Å². The molecule has 0 radical (unpaired) electrons. The van der Waals surface area contributed by atoms with Gasteiger partial charge < -0.3 is 15.7 Å². The minimum absolute atomic E-state index is 0.155. The standard InChI is InChI=1S/C24H21FN6O/c1-13-22(14(2)31(30-13)12-15-4-3-5-18(25)6-15)20-11-28-23-19(20)7-16(9-27-23)17-8-21(26)24(32)29-10-17/h3-11H,12,26H2,1-2H3,(H,27,28)(H,29,32). The van der Waals surface area contributed by atoms with Crippen molar-refractivity contribution in [1.29, 1.82) is 0 Å². The zero-order chi connectivity index (χ0) is 22.4. The van der Waals surface area contributed by atoms with Crippen LogP contribution < -0.4 is 11.3 Å². The molecule has 1 aromatic carbocycles. The van der Waals surface area contributed by atoms with Crippen molar-refractivity contribution < 1.29 is 4.39 Å². The Morgan fingerprint density at radius 3 is 2.72 bits per heavy atom. The number of hydrogen-bond acceptors (Lipinski definition) is 4. The predicted molar refractivity (Wildman–Crippen MR) is 123 cm³/mol. The number of aromatic amines is 2. The fourth-order valence-corrected chi connectivity index (χ4v) is 4.09. The average Bonchev–Trinajstić information content (AvgIpc) is 3.29. The van der Waals surface area contributed by atoms with Crippen LogP contribution in [0.3, 0.4) is 0 Å². The Hall–Kier alpha value is -4.20. The topological polar surface area (TPSA) is 105 Å². The van der Waals surface area contributed by atoms with E-state index in [4.69, 9.17) is 10.8 Å². The highest BCUT2D eigenvalue weighted by atomic mass is 19.1. The predicted octanol–water partition coefficient (Wildman–Crippen LogP) is 4.17. The average molecular weight is 428 g/mol. The van der Waals surface area contributed by atoms with Crippen molar-refractivity contribution in [2.75, 3.05) is 5.73 Å². The second-order valence-electron chi connectivity index (χ2n) is 7.83. The third kappa shape index (κ3) is 3.35. The Kier molecular flexibility index (Phi) is 4.62. The second kappa shape index (κ2) is 7.49. The van der Waals surface area contributed by atoms with Crippen LogP contribution in [0.2, 0.25) is 0 Å². The van der Waals surface area contributed by atoms with Crippen LogP contribution in [0.5, 0.6) is 0 Å². The van der Waals surface area contributed by atoms with E-state index in [0.717, 1.165) is 50.2 Å². The summed E-state index contributed by atoms with van der Waals surface area (Å²) in [6.07, 6.45) is 5.29. The largest absolute Gasteiger partial charge is 0.394 e. The number of nitrogen functional groups attached to an aromatic ring is 1. The summed E-state index contributed by atoms with van der Waals surface area (Å²) in [5.74, 6) is -0.262. The van der Waals surface area contributed by atoms with Gasteiger partial charge in [-0.25, -0.2) is 9.37 Å². The highest BCUT2D eigenvalue weighted by Crippen LogP contribution is 2.34. The summed E-state index contributed by atoms with van der Waals surface area (Å²) in [7, 11) is 0. The van der Waals surface area contributed by atoms with Crippen LogP contribution in [0.1, 0.15) is 17.0 Å². The van der Waals surface area contributed by atoms with Gasteiger partial charge >= 0.3 is 0 Å². The molecular weight excluding hydrogens is 407 g/mol. The molecule has 8 heteroatoms. The maximum Gasteiger partial charge on any atom is 0.271 e. The summed E-state index contributed by atoms with van der Waals surface area (Å²) in [4.78, 5) is 22.0. The summed E-state index contributed by atoms with van der Waals surface area (Å²) >= 11 is 0. The molecule has 0 aliphatic carbocycles. The van der Waals surface area contributed by atoms with E-state index in [1.54, 1.807) is 24.5 Å². The van der Waals surface area contributed by atoms with Crippen LogP contribution in [0.4, 0.5) is 10.1 Å². The van der Waals surface area contributed by atoms with Crippen molar-refractivity contribution in [1.82, 2.24) is 24.7 Å². The monoisotopic (exact) mass is 428 g/mol. The number of aryl methyl sites for hydroxylation is 1. The number of hydrogen-bond donors (Lipinski definition) is 3. The van der Waals surface area contributed by atoms with Crippen molar-refractivity contribution in [3.05, 3.63) is 88.1 Å². The maximum atomic E-state index is 13.6. The van der Waals surface area contributed by atoms with Crippen LogP contribution in [0.25, 0.3) is 33.3 Å². The first-order chi connectivity index (χ1) is 15.4. The number of nitrogens with one attached hydrogen (secondary N) is 2. The number of nitrogens with two attached hydrogens (primary N) is 1. The van der Waals surface area contributed by atoms with Gasteiger partial charge in [-0.1, -0.05) is 12.1 Å². The lowest BCUT2D eigenvalue weighted by atomic mass is 10.0. The molecule has 0 spiro atoms. The van der Waals surface area contributed by atoms with Crippen LogP contribution in [0, 0.1) is 19.7 Å². The number of halogens is 1. The highest BCUT2D eigenvalue weighted by Gasteiger charge is 2.18. The number of benzene rings is 1. The third-order valence-electron chi connectivity index (χ3n) is 5.67. The van der Waals surface area contributed by atoms with E-state index in [2.05, 4.69) is 15.0 Å². The molecule has 7 nitrogen and oxygen atoms in total. The Bertz CT molecular complexity index is 1530. The number of fused-ring (bicyclic) bond motifs is 1. The van der Waals surface area contributed by atoms with Gasteiger partial charge in [-0.2, -0.15) is 5.10 Å². The Morgan fingerprint density at radius 2 is 1.94 bits per heavy atom. The molecule has 0 bridgehead atoms. The molecule has 0 saturated heterocycles. The van der Waals surface area contributed by atoms with Gasteiger partial charge in [0.2, 0.25) is 0 Å². The molecule has 4 heterocycles. The van der Waals surface area contributed by atoms with Gasteiger partial charge in [-0.15, -0.1) is 0 Å². The summed E-state index contributed by atoms with van der Waals surface area (Å²) in [5, 5.41) is 5.64. The SMILES string of the molecule is Cc1nn(Cc2cccc(F)c2)c(C)c1-c1c[nH]c2ncc(-c3c[nH]c(=O)c(N)c3)cc12. The number of pyridine rings is 2. The molecule has 160 valence electrons. The Morgan fingerprint density at radius 1 is 1.09 bits per heavy atom. The van der Waals surface area contributed by atoms with Gasteiger partial charge in [0.1, 0.15) is 11.5 Å². The number of anilines is 1. The Balaban J connectivity index is 1.59. The fraction of sp³-hybridized carbons (Fsp3) is 0.125. The van der Waals surface area contributed by atoms with Crippen molar-refractivity contribution in [3.8, 4) is 22.3 Å². The molecule has 0 amide bonds. The second-order valence-corrected chi connectivity index (χ2v) is 7.83. The van der Waals surface area contributed by atoms with Gasteiger partial charge in [-0.05, 0) is 43.7 Å². The summed E-state index contributed by atoms with van der Waals surface area (Å²) in [6, 6.07) is 10.2. The number of H-pyrrole nitrogens is 2. The molecular formula is C24H21FN6O. The molecule has 0 saturated carbocycles. The van der Waals surface area contributed by atoms with Crippen LogP contribution in [0.15, 0.2) is 59.8 Å². The summed E-state index contributed by atoms with van der Waals surface area (Å²) in [6.45, 7) is 4.45. The molecule has 0 fully saturated rings. The number of rotatable bonds is 4. The van der Waals surface area contributed by atoms with E-state index in [1.165, 1.54) is 12.1 Å². The summed E-state index contributed by atoms with van der Waals surface area (Å²) < 4.78 is 15.5. The fourth-order valence-electron chi connectivity index (χ4n) is 4.09. The minimum atomic E-state index is -0.318. The zero-order valence-corrected chi connectivity index (χ0v) is 17.6. The van der Waals surface area contributed by atoms with E-state index in [9.17, 15) is 9.18 Å². The minimum Gasteiger partial charge on any atom is -0.394 e. The smallest absolute Gasteiger partial charge is 0.271 e. The molecule has 0 aliphatic rings. The third-order valence-corrected chi connectivity index (χ3v) is 5.67. The van der Waals surface area contributed by atoms with E-state index in [-0.39, 0.29) is 17.1 Å². The van der Waals surface area contributed by atoms with Crippen LogP contribution >= 0.6 is 0 Å². The lowest BCUT2D eigenvalue weighted by molar-refractivity contribution is 0.616. The summed E-state index contributed by atoms with van der Waals surface area (Å²) in [5.41, 5.74) is 12.7. The van der Waals surface area contributed by atoms with Crippen LogP contribution in [-0.2, 0) is 6.54 Å². The number of aromatic nitrogens is 5. The molecule has 0 aliphatic heterocycles. The van der Waals surface area contributed by atoms with E-state index < -0.39 is 0 Å². The van der Waals surface area contributed by atoms with Crippen molar-refractivity contribution in [3.63, 3.8) is 0 Å². The van der Waals surface area contributed by atoms with Gasteiger partial charge in [-0.3, -0.25) is 9.48 Å². The molecule has 0 atom stereocenters. The first-order valence-corrected chi connectivity index (χ1v) is 10.2. The quantitative estimate of drug-likeness (QED) is 0.399. The van der Waals surface area contributed by atoms with Gasteiger partial charge in [0.05, 0.1) is 17.9 Å². The van der Waals surface area contributed by atoms with Crippen molar-refractivity contribution in [2.45, 2.75) is 20.4 Å². The van der Waals surface area contributed by atoms with E-state index >= 15 is 0 Å². The zero-order valence-electron chi connectivity index (χ0n) is 17.6. The lowest BCUT2D eigenvalue weighted by Gasteiger charge is -2.07. The molecule has 5 rings (SSSR count). The van der Waals surface area contributed by atoms with Gasteiger partial charge in [0, 0.05) is 51.9 Å². The normalized spacial score (nSPS) is 11.3. The molecule has 5 aromatic rings. The van der Waals surface area contributed by atoms with Gasteiger partial charge in [0.15, 0.2) is 0 Å². The van der Waals surface area contributed by atoms with Crippen molar-refractivity contribution in [2.24, 2.45) is 0 Å². The molecule has 0 unspecified atom stereocenters. The van der Waals surface area contributed by atoms with Crippen molar-refractivity contribution >= 4 is 16.7 Å². The first kappa shape index (κ1) is 19.7. The molecule has 4 N–H and O–H groups in total. The number of nitrogens with zero attached hydrogens (tertiary/aromatic N) is 3. The first-order valence-electron chi connectivity index (χ1n) is 10.2. The molecule has 32 heavy (non-hydrogen) atoms. The van der Waals surface area contributed by atoms with E-state index in [1.807, 2.05) is 36.9 Å². The Labute approximate surface area is 182 Å². The van der Waals surface area contributed by atoms with Gasteiger partial charge in [0.25, 0.3) is 5.56 Å². The maximum absolute atomic E-state index is 13.6. The molecule has 4 aromatic heterocycles. The highest BCUT2D eigenvalue weighted by molar-refractivity contribution is 5.97. The lowest BCUT2D eigenvalue weighted by Crippen LogP contribution is -2.10. The van der Waals surface area contributed by atoms with E-state index in [0.29, 0.717) is 6.54 Å².